The van der Waals surface area contributed by atoms with Gasteiger partial charge in [-0.15, -0.1) is 0 Å². The number of anilines is 2. The van der Waals surface area contributed by atoms with E-state index in [1.54, 1.807) is 29.3 Å². The summed E-state index contributed by atoms with van der Waals surface area (Å²) in [5.41, 5.74) is 6.19. The van der Waals surface area contributed by atoms with Gasteiger partial charge in [0.05, 0.1) is 18.1 Å². The second-order valence-corrected chi connectivity index (χ2v) is 3.33. The Morgan fingerprint density at radius 2 is 2.20 bits per heavy atom. The lowest BCUT2D eigenvalue weighted by Gasteiger charge is -2.10. The van der Waals surface area contributed by atoms with Crippen LogP contribution < -0.4 is 10.6 Å². The lowest BCUT2D eigenvalue weighted by Crippen LogP contribution is -2.13. The van der Waals surface area contributed by atoms with Crippen molar-refractivity contribution < 1.29 is 0 Å². The Balaban J connectivity index is 2.41. The van der Waals surface area contributed by atoms with Crippen molar-refractivity contribution in [2.24, 2.45) is 0 Å². The summed E-state index contributed by atoms with van der Waals surface area (Å²) >= 11 is 0. The van der Waals surface area contributed by atoms with Crippen molar-refractivity contribution >= 4 is 11.6 Å². The number of hydrogen-bond donors (Lipinski definition) is 1. The average molecular weight is 204 g/mol. The molecule has 0 aliphatic rings. The smallest absolute Gasteiger partial charge is 0.226 e. The lowest BCUT2D eigenvalue weighted by molar-refractivity contribution is 0.832. The maximum atomic E-state index is 5.58. The van der Waals surface area contributed by atoms with E-state index in [-0.39, 0.29) is 0 Å². The van der Waals surface area contributed by atoms with Crippen molar-refractivity contribution in [3.8, 4) is 5.82 Å². The maximum absolute atomic E-state index is 5.58. The van der Waals surface area contributed by atoms with Crippen LogP contribution in [0.15, 0.2) is 24.7 Å². The number of nitrogens with zero attached hydrogens (tertiary/aromatic N) is 5. The zero-order valence-corrected chi connectivity index (χ0v) is 8.62. The van der Waals surface area contributed by atoms with Crippen LogP contribution >= 0.6 is 0 Å². The molecule has 0 unspecified atom stereocenters. The Labute approximate surface area is 87.4 Å². The van der Waals surface area contributed by atoms with Gasteiger partial charge in [-0.05, 0) is 0 Å². The molecule has 2 aromatic rings. The Kier molecular flexibility index (Phi) is 2.24. The van der Waals surface area contributed by atoms with Crippen molar-refractivity contribution in [1.29, 1.82) is 0 Å². The van der Waals surface area contributed by atoms with Crippen LogP contribution in [0.4, 0.5) is 11.6 Å². The zero-order valence-electron chi connectivity index (χ0n) is 8.62. The summed E-state index contributed by atoms with van der Waals surface area (Å²) in [4.78, 5) is 10.3. The summed E-state index contributed by atoms with van der Waals surface area (Å²) in [5.74, 6) is 1.34. The molecule has 2 heterocycles. The third-order valence-electron chi connectivity index (χ3n) is 1.87. The van der Waals surface area contributed by atoms with E-state index in [2.05, 4.69) is 15.1 Å². The van der Waals surface area contributed by atoms with Crippen molar-refractivity contribution in [2.45, 2.75) is 0 Å². The molecule has 15 heavy (non-hydrogen) atoms. The molecule has 0 spiro atoms. The van der Waals surface area contributed by atoms with Gasteiger partial charge in [-0.25, -0.2) is 9.67 Å². The molecule has 6 nitrogen and oxygen atoms in total. The summed E-state index contributed by atoms with van der Waals surface area (Å²) in [6, 6.07) is 1.78. The summed E-state index contributed by atoms with van der Waals surface area (Å²) in [6.45, 7) is 0. The second-order valence-electron chi connectivity index (χ2n) is 3.33. The van der Waals surface area contributed by atoms with Gasteiger partial charge in [0.2, 0.25) is 5.95 Å². The third-order valence-corrected chi connectivity index (χ3v) is 1.87. The summed E-state index contributed by atoms with van der Waals surface area (Å²) in [7, 11) is 3.77. The van der Waals surface area contributed by atoms with Crippen molar-refractivity contribution in [1.82, 2.24) is 19.7 Å². The van der Waals surface area contributed by atoms with E-state index >= 15 is 0 Å². The Morgan fingerprint density at radius 1 is 1.40 bits per heavy atom. The highest BCUT2D eigenvalue weighted by atomic mass is 15.3. The first-order chi connectivity index (χ1) is 7.16. The highest BCUT2D eigenvalue weighted by molar-refractivity contribution is 5.37. The first-order valence-corrected chi connectivity index (χ1v) is 4.48. The predicted octanol–water partition coefficient (Wildman–Crippen LogP) is 0.310. The fourth-order valence-electron chi connectivity index (χ4n) is 1.14. The first kappa shape index (κ1) is 9.45. The molecular formula is C9H12N6. The molecule has 0 saturated carbocycles. The summed E-state index contributed by atoms with van der Waals surface area (Å²) in [5, 5.41) is 4.07. The largest absolute Gasteiger partial charge is 0.396 e. The average Bonchev–Trinajstić information content (AvgIpc) is 2.65. The van der Waals surface area contributed by atoms with Crippen molar-refractivity contribution in [3.63, 3.8) is 0 Å². The lowest BCUT2D eigenvalue weighted by atomic mass is 10.5. The van der Waals surface area contributed by atoms with Crippen LogP contribution in [0.5, 0.6) is 0 Å². The minimum absolute atomic E-state index is 0.611. The molecular weight excluding hydrogens is 192 g/mol. The molecule has 2 aromatic heterocycles. The molecule has 78 valence electrons. The summed E-state index contributed by atoms with van der Waals surface area (Å²) in [6.07, 6.45) is 4.98. The van der Waals surface area contributed by atoms with Crippen LogP contribution in [0, 0.1) is 0 Å². The van der Waals surface area contributed by atoms with E-state index in [9.17, 15) is 0 Å². The minimum atomic E-state index is 0.611. The number of hydrogen-bond acceptors (Lipinski definition) is 5. The standard InChI is InChI=1S/C9H12N6/c1-14(2)9-11-4-3-8(13-9)15-6-7(10)5-12-15/h3-6H,10H2,1-2H3. The van der Waals surface area contributed by atoms with Crippen LogP contribution in [0.3, 0.4) is 0 Å². The SMILES string of the molecule is CN(C)c1nccc(-n2cc(N)cn2)n1. The molecule has 2 rings (SSSR count). The molecule has 0 bridgehead atoms. The number of rotatable bonds is 2. The first-order valence-electron chi connectivity index (χ1n) is 4.48. The van der Waals surface area contributed by atoms with E-state index in [1.807, 2.05) is 19.0 Å². The highest BCUT2D eigenvalue weighted by Gasteiger charge is 2.03. The van der Waals surface area contributed by atoms with Gasteiger partial charge >= 0.3 is 0 Å². The molecule has 0 fully saturated rings. The molecule has 0 atom stereocenters. The number of nitrogen functional groups attached to an aromatic ring is 1. The molecule has 2 N–H and O–H groups in total. The molecule has 6 heteroatoms. The Bertz CT molecular complexity index is 461. The van der Waals surface area contributed by atoms with Crippen LogP contribution in [0.1, 0.15) is 0 Å². The molecule has 0 amide bonds. The van der Waals surface area contributed by atoms with E-state index in [4.69, 9.17) is 5.73 Å². The van der Waals surface area contributed by atoms with Gasteiger partial charge < -0.3 is 10.6 Å². The monoisotopic (exact) mass is 204 g/mol. The molecule has 0 saturated heterocycles. The van der Waals surface area contributed by atoms with E-state index in [0.717, 1.165) is 0 Å². The summed E-state index contributed by atoms with van der Waals surface area (Å²) < 4.78 is 1.62. The van der Waals surface area contributed by atoms with Crippen LogP contribution in [0.2, 0.25) is 0 Å². The van der Waals surface area contributed by atoms with Gasteiger partial charge in [0.25, 0.3) is 0 Å². The van der Waals surface area contributed by atoms with Crippen LogP contribution in [0.25, 0.3) is 5.82 Å². The highest BCUT2D eigenvalue weighted by Crippen LogP contribution is 2.09. The molecule has 0 aromatic carbocycles. The number of nitrogens with two attached hydrogens (primary N) is 1. The van der Waals surface area contributed by atoms with Crippen LogP contribution in [-0.2, 0) is 0 Å². The van der Waals surface area contributed by atoms with Gasteiger partial charge in [-0.3, -0.25) is 0 Å². The van der Waals surface area contributed by atoms with Gasteiger partial charge in [-0.1, -0.05) is 0 Å². The van der Waals surface area contributed by atoms with Crippen molar-refractivity contribution in [2.75, 3.05) is 24.7 Å². The topological polar surface area (TPSA) is 72.9 Å². The van der Waals surface area contributed by atoms with Gasteiger partial charge in [0.15, 0.2) is 5.82 Å². The Hall–Kier alpha value is -2.11. The van der Waals surface area contributed by atoms with Gasteiger partial charge in [-0.2, -0.15) is 10.1 Å². The second kappa shape index (κ2) is 3.56. The Morgan fingerprint density at radius 3 is 2.80 bits per heavy atom. The molecule has 0 aliphatic carbocycles. The zero-order chi connectivity index (χ0) is 10.8. The third kappa shape index (κ3) is 1.88. The van der Waals surface area contributed by atoms with Crippen molar-refractivity contribution in [3.05, 3.63) is 24.7 Å². The van der Waals surface area contributed by atoms with Crippen LogP contribution in [-0.4, -0.2) is 33.8 Å². The minimum Gasteiger partial charge on any atom is -0.396 e. The van der Waals surface area contributed by atoms with E-state index in [1.165, 1.54) is 0 Å². The maximum Gasteiger partial charge on any atom is 0.226 e. The predicted molar refractivity (Wildman–Crippen MR) is 57.9 cm³/mol. The van der Waals surface area contributed by atoms with E-state index < -0.39 is 0 Å². The van der Waals surface area contributed by atoms with Gasteiger partial charge in [0, 0.05) is 26.4 Å². The van der Waals surface area contributed by atoms with Gasteiger partial charge in [0.1, 0.15) is 0 Å². The quantitative estimate of drug-likeness (QED) is 0.762. The fraction of sp³-hybridized carbons (Fsp3) is 0.222. The normalized spacial score (nSPS) is 10.3. The van der Waals surface area contributed by atoms with E-state index in [0.29, 0.717) is 17.5 Å². The number of aromatic nitrogens is 4. The molecule has 0 aliphatic heterocycles. The fourth-order valence-corrected chi connectivity index (χ4v) is 1.14. The molecule has 0 radical (unpaired) electrons.